The van der Waals surface area contributed by atoms with E-state index in [-0.39, 0.29) is 5.56 Å². The van der Waals surface area contributed by atoms with Crippen molar-refractivity contribution in [2.75, 3.05) is 32.8 Å². The van der Waals surface area contributed by atoms with Crippen LogP contribution in [0.5, 0.6) is 5.75 Å². The molecule has 1 saturated heterocycles. The SMILES string of the molecule is CC(CN1CCCC1)NCCOc1cccc(C(=O)O)c1. The molecule has 116 valence electrons. The van der Waals surface area contributed by atoms with Gasteiger partial charge in [0.1, 0.15) is 12.4 Å². The quantitative estimate of drug-likeness (QED) is 0.716. The van der Waals surface area contributed by atoms with Gasteiger partial charge in [-0.1, -0.05) is 6.07 Å². The van der Waals surface area contributed by atoms with Crippen LogP contribution in [-0.4, -0.2) is 54.8 Å². The molecule has 2 N–H and O–H groups in total. The molecule has 1 fully saturated rings. The lowest BCUT2D eigenvalue weighted by atomic mass is 10.2. The zero-order chi connectivity index (χ0) is 15.1. The highest BCUT2D eigenvalue weighted by Crippen LogP contribution is 2.13. The Hall–Kier alpha value is -1.59. The van der Waals surface area contributed by atoms with E-state index < -0.39 is 5.97 Å². The lowest BCUT2D eigenvalue weighted by Gasteiger charge is -2.21. The smallest absolute Gasteiger partial charge is 0.335 e. The van der Waals surface area contributed by atoms with Crippen LogP contribution in [-0.2, 0) is 0 Å². The van der Waals surface area contributed by atoms with Gasteiger partial charge in [0.2, 0.25) is 0 Å². The molecular formula is C16H24N2O3. The molecule has 1 heterocycles. The summed E-state index contributed by atoms with van der Waals surface area (Å²) in [7, 11) is 0. The first-order valence-electron chi connectivity index (χ1n) is 7.57. The van der Waals surface area contributed by atoms with E-state index >= 15 is 0 Å². The molecule has 0 aliphatic carbocycles. The van der Waals surface area contributed by atoms with E-state index in [0.29, 0.717) is 18.4 Å². The van der Waals surface area contributed by atoms with Crippen molar-refractivity contribution < 1.29 is 14.6 Å². The summed E-state index contributed by atoms with van der Waals surface area (Å²) in [5, 5.41) is 12.4. The number of likely N-dealkylation sites (tertiary alicyclic amines) is 1. The Morgan fingerprint density at radius 2 is 2.19 bits per heavy atom. The molecule has 1 aromatic carbocycles. The minimum Gasteiger partial charge on any atom is -0.492 e. The van der Waals surface area contributed by atoms with E-state index in [2.05, 4.69) is 17.1 Å². The molecule has 0 bridgehead atoms. The van der Waals surface area contributed by atoms with E-state index in [1.807, 2.05) is 0 Å². The second kappa shape index (κ2) is 8.00. The van der Waals surface area contributed by atoms with Gasteiger partial charge in [0.15, 0.2) is 0 Å². The van der Waals surface area contributed by atoms with E-state index in [9.17, 15) is 4.79 Å². The summed E-state index contributed by atoms with van der Waals surface area (Å²) in [6, 6.07) is 7.03. The number of aromatic carboxylic acids is 1. The minimum absolute atomic E-state index is 0.253. The maximum atomic E-state index is 10.9. The fraction of sp³-hybridized carbons (Fsp3) is 0.562. The number of carbonyl (C=O) groups is 1. The highest BCUT2D eigenvalue weighted by molar-refractivity contribution is 5.87. The molecule has 0 radical (unpaired) electrons. The number of hydrogen-bond acceptors (Lipinski definition) is 4. The standard InChI is InChI=1S/C16H24N2O3/c1-13(12-18-8-2-3-9-18)17-7-10-21-15-6-4-5-14(11-15)16(19)20/h4-6,11,13,17H,2-3,7-10,12H2,1H3,(H,19,20). The van der Waals surface area contributed by atoms with Gasteiger partial charge >= 0.3 is 5.97 Å². The predicted octanol–water partition coefficient (Wildman–Crippen LogP) is 1.84. The molecule has 0 amide bonds. The topological polar surface area (TPSA) is 61.8 Å². The second-order valence-electron chi connectivity index (χ2n) is 5.54. The van der Waals surface area contributed by atoms with Gasteiger partial charge in [0, 0.05) is 19.1 Å². The molecular weight excluding hydrogens is 268 g/mol. The third-order valence-electron chi connectivity index (χ3n) is 3.68. The Morgan fingerprint density at radius 3 is 2.90 bits per heavy atom. The van der Waals surface area contributed by atoms with Crippen molar-refractivity contribution in [3.8, 4) is 5.75 Å². The predicted molar refractivity (Wildman–Crippen MR) is 82.0 cm³/mol. The summed E-state index contributed by atoms with van der Waals surface area (Å²) in [6.07, 6.45) is 2.63. The van der Waals surface area contributed by atoms with Crippen LogP contribution in [0.3, 0.4) is 0 Å². The third kappa shape index (κ3) is 5.36. The van der Waals surface area contributed by atoms with Crippen molar-refractivity contribution in [1.82, 2.24) is 10.2 Å². The Bertz CT molecular complexity index is 459. The van der Waals surface area contributed by atoms with Gasteiger partial charge in [0.25, 0.3) is 0 Å². The van der Waals surface area contributed by atoms with Gasteiger partial charge in [-0.05, 0) is 51.1 Å². The van der Waals surface area contributed by atoms with Crippen LogP contribution in [0.4, 0.5) is 0 Å². The number of nitrogens with zero attached hydrogens (tertiary/aromatic N) is 1. The number of benzene rings is 1. The first kappa shape index (κ1) is 15.8. The van der Waals surface area contributed by atoms with E-state index in [4.69, 9.17) is 9.84 Å². The lowest BCUT2D eigenvalue weighted by molar-refractivity contribution is 0.0696. The van der Waals surface area contributed by atoms with Gasteiger partial charge in [-0.25, -0.2) is 4.79 Å². The summed E-state index contributed by atoms with van der Waals surface area (Å²) in [6.45, 7) is 6.98. The zero-order valence-electron chi connectivity index (χ0n) is 12.5. The minimum atomic E-state index is -0.933. The van der Waals surface area contributed by atoms with Crippen LogP contribution in [0.15, 0.2) is 24.3 Å². The molecule has 1 aromatic rings. The Balaban J connectivity index is 1.64. The van der Waals surface area contributed by atoms with Gasteiger partial charge in [0.05, 0.1) is 5.56 Å². The summed E-state index contributed by atoms with van der Waals surface area (Å²) in [5.74, 6) is -0.332. The summed E-state index contributed by atoms with van der Waals surface area (Å²) in [5.41, 5.74) is 0.253. The van der Waals surface area contributed by atoms with Crippen LogP contribution in [0.1, 0.15) is 30.1 Å². The molecule has 5 heteroatoms. The van der Waals surface area contributed by atoms with Crippen molar-refractivity contribution in [2.24, 2.45) is 0 Å². The molecule has 0 saturated carbocycles. The molecule has 1 aliphatic rings. The Morgan fingerprint density at radius 1 is 1.43 bits per heavy atom. The van der Waals surface area contributed by atoms with Crippen molar-refractivity contribution in [2.45, 2.75) is 25.8 Å². The normalized spacial score (nSPS) is 16.8. The highest BCUT2D eigenvalue weighted by Gasteiger charge is 2.13. The fourth-order valence-corrected chi connectivity index (χ4v) is 2.61. The number of hydrogen-bond donors (Lipinski definition) is 2. The first-order valence-corrected chi connectivity index (χ1v) is 7.57. The maximum Gasteiger partial charge on any atom is 0.335 e. The Labute approximate surface area is 125 Å². The van der Waals surface area contributed by atoms with Crippen LogP contribution in [0.25, 0.3) is 0 Å². The summed E-state index contributed by atoms with van der Waals surface area (Å²) < 4.78 is 5.58. The number of rotatable bonds is 8. The largest absolute Gasteiger partial charge is 0.492 e. The molecule has 21 heavy (non-hydrogen) atoms. The number of nitrogens with one attached hydrogen (secondary N) is 1. The van der Waals surface area contributed by atoms with Crippen molar-refractivity contribution in [3.63, 3.8) is 0 Å². The Kier molecular flexibility index (Phi) is 6.02. The van der Waals surface area contributed by atoms with Gasteiger partial charge in [-0.3, -0.25) is 0 Å². The van der Waals surface area contributed by atoms with Crippen molar-refractivity contribution in [3.05, 3.63) is 29.8 Å². The third-order valence-corrected chi connectivity index (χ3v) is 3.68. The molecule has 0 spiro atoms. The van der Waals surface area contributed by atoms with Gasteiger partial charge in [-0.2, -0.15) is 0 Å². The monoisotopic (exact) mass is 292 g/mol. The molecule has 2 rings (SSSR count). The lowest BCUT2D eigenvalue weighted by Crippen LogP contribution is -2.39. The highest BCUT2D eigenvalue weighted by atomic mass is 16.5. The first-order chi connectivity index (χ1) is 10.1. The van der Waals surface area contributed by atoms with Crippen LogP contribution >= 0.6 is 0 Å². The number of carboxylic acids is 1. The van der Waals surface area contributed by atoms with Gasteiger partial charge in [-0.15, -0.1) is 0 Å². The van der Waals surface area contributed by atoms with E-state index in [1.165, 1.54) is 25.9 Å². The van der Waals surface area contributed by atoms with Crippen LogP contribution in [0.2, 0.25) is 0 Å². The zero-order valence-corrected chi connectivity index (χ0v) is 12.5. The summed E-state index contributed by atoms with van der Waals surface area (Å²) in [4.78, 5) is 13.3. The van der Waals surface area contributed by atoms with Crippen molar-refractivity contribution in [1.29, 1.82) is 0 Å². The molecule has 5 nitrogen and oxygen atoms in total. The second-order valence-corrected chi connectivity index (χ2v) is 5.54. The molecule has 0 aromatic heterocycles. The van der Waals surface area contributed by atoms with Gasteiger partial charge < -0.3 is 20.1 Å². The van der Waals surface area contributed by atoms with Crippen molar-refractivity contribution >= 4 is 5.97 Å². The molecule has 1 atom stereocenters. The average molecular weight is 292 g/mol. The molecule has 1 aliphatic heterocycles. The van der Waals surface area contributed by atoms with Crippen LogP contribution < -0.4 is 10.1 Å². The average Bonchev–Trinajstić information content (AvgIpc) is 2.97. The fourth-order valence-electron chi connectivity index (χ4n) is 2.61. The molecule has 1 unspecified atom stereocenters. The summed E-state index contributed by atoms with van der Waals surface area (Å²) >= 11 is 0. The van der Waals surface area contributed by atoms with E-state index in [0.717, 1.165) is 13.1 Å². The van der Waals surface area contributed by atoms with E-state index in [1.54, 1.807) is 24.3 Å². The number of carboxylic acid groups (broad SMARTS) is 1. The number of ether oxygens (including phenoxy) is 1. The van der Waals surface area contributed by atoms with Crippen LogP contribution in [0, 0.1) is 0 Å². The maximum absolute atomic E-state index is 10.9.